The van der Waals surface area contributed by atoms with Crippen molar-refractivity contribution in [3.63, 3.8) is 0 Å². The molecule has 0 unspecified atom stereocenters. The maximum Gasteiger partial charge on any atom is 0.413 e. The third-order valence-electron chi connectivity index (χ3n) is 2.28. The molecule has 0 aromatic carbocycles. The fraction of sp³-hybridized carbons (Fsp3) is 0.417. The highest BCUT2D eigenvalue weighted by molar-refractivity contribution is 5.95. The van der Waals surface area contributed by atoms with E-state index >= 15 is 0 Å². The summed E-state index contributed by atoms with van der Waals surface area (Å²) in [7, 11) is 0. The summed E-state index contributed by atoms with van der Waals surface area (Å²) in [6, 6.07) is 0. The number of carboxylic acid groups (broad SMARTS) is 1. The summed E-state index contributed by atoms with van der Waals surface area (Å²) in [5, 5.41) is 15.7. The van der Waals surface area contributed by atoms with Crippen molar-refractivity contribution in [3.05, 3.63) is 12.5 Å². The lowest BCUT2D eigenvalue weighted by Gasteiger charge is -2.19. The smallest absolute Gasteiger partial charge is 0.413 e. The Morgan fingerprint density at radius 3 is 2.71 bits per heavy atom. The Bertz CT molecular complexity index is 689. The first kappa shape index (κ1) is 14.7. The highest BCUT2D eigenvalue weighted by Crippen LogP contribution is 2.18. The molecule has 2 N–H and O–H groups in total. The Labute approximate surface area is 119 Å². The molecule has 0 aliphatic heterocycles. The molecule has 0 atom stereocenters. The molecule has 0 radical (unpaired) electrons. The molecule has 2 aromatic heterocycles. The molecular weight excluding hydrogens is 278 g/mol. The quantitative estimate of drug-likeness (QED) is 0.874. The summed E-state index contributed by atoms with van der Waals surface area (Å²) < 4.78 is 6.34. The number of hydrogen-bond donors (Lipinski definition) is 2. The molecule has 0 aliphatic carbocycles. The highest BCUT2D eigenvalue weighted by Gasteiger charge is 2.18. The van der Waals surface area contributed by atoms with Crippen LogP contribution in [0.3, 0.4) is 0 Å². The third kappa shape index (κ3) is 3.88. The predicted molar refractivity (Wildman–Crippen MR) is 72.8 cm³/mol. The number of aliphatic carboxylic acids is 1. The zero-order chi connectivity index (χ0) is 15.6. The standard InChI is InChI=1S/C12H15N5O4/c1-12(2,3)21-11(20)15-9-7-4-17(5-8(18)19)16-10(7)14-6-13-9/h4,6H,5H2,1-3H3,(H,18,19)(H,13,14,15,16,20). The SMILES string of the molecule is CC(C)(C)OC(=O)Nc1ncnc2nn(CC(=O)O)cc12. The normalized spacial score (nSPS) is 11.4. The van der Waals surface area contributed by atoms with Crippen molar-refractivity contribution >= 4 is 28.9 Å². The number of rotatable bonds is 3. The van der Waals surface area contributed by atoms with E-state index in [-0.39, 0.29) is 18.0 Å². The number of hydrogen-bond acceptors (Lipinski definition) is 6. The lowest BCUT2D eigenvalue weighted by atomic mass is 10.2. The van der Waals surface area contributed by atoms with Crippen LogP contribution in [-0.2, 0) is 16.1 Å². The number of nitrogens with zero attached hydrogens (tertiary/aromatic N) is 4. The molecule has 2 rings (SSSR count). The molecule has 0 saturated carbocycles. The molecular formula is C12H15N5O4. The first-order chi connectivity index (χ1) is 9.74. The monoisotopic (exact) mass is 293 g/mol. The molecule has 9 heteroatoms. The van der Waals surface area contributed by atoms with Crippen molar-refractivity contribution in [2.45, 2.75) is 32.9 Å². The average molecular weight is 293 g/mol. The number of anilines is 1. The molecule has 1 amide bonds. The van der Waals surface area contributed by atoms with Crippen LogP contribution in [0.1, 0.15) is 20.8 Å². The van der Waals surface area contributed by atoms with Crippen LogP contribution in [0, 0.1) is 0 Å². The molecule has 9 nitrogen and oxygen atoms in total. The largest absolute Gasteiger partial charge is 0.480 e. The Hall–Kier alpha value is -2.71. The third-order valence-corrected chi connectivity index (χ3v) is 2.28. The van der Waals surface area contributed by atoms with Crippen LogP contribution in [0.15, 0.2) is 12.5 Å². The van der Waals surface area contributed by atoms with Crippen LogP contribution >= 0.6 is 0 Å². The summed E-state index contributed by atoms with van der Waals surface area (Å²) in [4.78, 5) is 30.3. The van der Waals surface area contributed by atoms with Crippen LogP contribution in [0.2, 0.25) is 0 Å². The lowest BCUT2D eigenvalue weighted by Crippen LogP contribution is -2.27. The van der Waals surface area contributed by atoms with E-state index in [1.54, 1.807) is 20.8 Å². The molecule has 0 spiro atoms. The Morgan fingerprint density at radius 1 is 1.38 bits per heavy atom. The van der Waals surface area contributed by atoms with E-state index in [1.165, 1.54) is 17.2 Å². The molecule has 0 saturated heterocycles. The number of carboxylic acids is 1. The van der Waals surface area contributed by atoms with Gasteiger partial charge in [-0.1, -0.05) is 0 Å². The number of amides is 1. The van der Waals surface area contributed by atoms with Crippen molar-refractivity contribution in [2.75, 3.05) is 5.32 Å². The van der Waals surface area contributed by atoms with Gasteiger partial charge in [-0.2, -0.15) is 5.10 Å². The second-order valence-electron chi connectivity index (χ2n) is 5.31. The van der Waals surface area contributed by atoms with E-state index in [0.29, 0.717) is 5.39 Å². The second-order valence-corrected chi connectivity index (χ2v) is 5.31. The van der Waals surface area contributed by atoms with Crippen molar-refractivity contribution < 1.29 is 19.4 Å². The summed E-state index contributed by atoms with van der Waals surface area (Å²) >= 11 is 0. The predicted octanol–water partition coefficient (Wildman–Crippen LogP) is 1.26. The Kier molecular flexibility index (Phi) is 3.74. The van der Waals surface area contributed by atoms with Gasteiger partial charge in [0.1, 0.15) is 24.3 Å². The van der Waals surface area contributed by atoms with E-state index in [4.69, 9.17) is 9.84 Å². The average Bonchev–Trinajstić information content (AvgIpc) is 2.68. The van der Waals surface area contributed by atoms with Gasteiger partial charge >= 0.3 is 12.1 Å². The van der Waals surface area contributed by atoms with Crippen molar-refractivity contribution in [2.24, 2.45) is 0 Å². The fourth-order valence-electron chi connectivity index (χ4n) is 1.60. The molecule has 112 valence electrons. The maximum atomic E-state index is 11.7. The van der Waals surface area contributed by atoms with Gasteiger partial charge in [0.05, 0.1) is 5.39 Å². The van der Waals surface area contributed by atoms with Crippen molar-refractivity contribution in [1.29, 1.82) is 0 Å². The van der Waals surface area contributed by atoms with Gasteiger partial charge in [0, 0.05) is 6.20 Å². The molecule has 21 heavy (non-hydrogen) atoms. The van der Waals surface area contributed by atoms with Crippen LogP contribution in [0.25, 0.3) is 11.0 Å². The maximum absolute atomic E-state index is 11.7. The fourth-order valence-corrected chi connectivity index (χ4v) is 1.60. The number of aromatic nitrogens is 4. The van der Waals surface area contributed by atoms with E-state index in [1.807, 2.05) is 0 Å². The van der Waals surface area contributed by atoms with Gasteiger partial charge in [-0.3, -0.25) is 14.8 Å². The minimum absolute atomic E-state index is 0.214. The minimum atomic E-state index is -1.03. The molecule has 0 aliphatic rings. The van der Waals surface area contributed by atoms with Crippen LogP contribution < -0.4 is 5.32 Å². The molecule has 0 bridgehead atoms. The van der Waals surface area contributed by atoms with Gasteiger partial charge in [-0.05, 0) is 20.8 Å². The van der Waals surface area contributed by atoms with E-state index in [0.717, 1.165) is 0 Å². The van der Waals surface area contributed by atoms with Crippen molar-refractivity contribution in [3.8, 4) is 0 Å². The van der Waals surface area contributed by atoms with E-state index in [2.05, 4.69) is 20.4 Å². The minimum Gasteiger partial charge on any atom is -0.480 e. The van der Waals surface area contributed by atoms with Gasteiger partial charge < -0.3 is 9.84 Å². The number of fused-ring (bicyclic) bond motifs is 1. The van der Waals surface area contributed by atoms with Crippen molar-refractivity contribution in [1.82, 2.24) is 19.7 Å². The van der Waals surface area contributed by atoms with E-state index < -0.39 is 17.7 Å². The number of nitrogens with one attached hydrogen (secondary N) is 1. The summed E-state index contributed by atoms with van der Waals surface area (Å²) in [6.07, 6.45) is 2.03. The summed E-state index contributed by atoms with van der Waals surface area (Å²) in [6.45, 7) is 4.93. The number of carbonyl (C=O) groups is 2. The molecule has 2 heterocycles. The first-order valence-electron chi connectivity index (χ1n) is 6.14. The zero-order valence-electron chi connectivity index (χ0n) is 11.8. The van der Waals surface area contributed by atoms with Gasteiger partial charge in [0.2, 0.25) is 0 Å². The second kappa shape index (κ2) is 5.35. The topological polar surface area (TPSA) is 119 Å². The van der Waals surface area contributed by atoms with Gasteiger partial charge in [0.15, 0.2) is 5.65 Å². The molecule has 0 fully saturated rings. The van der Waals surface area contributed by atoms with Crippen LogP contribution in [0.4, 0.5) is 10.6 Å². The number of ether oxygens (including phenoxy) is 1. The van der Waals surface area contributed by atoms with Gasteiger partial charge in [0.25, 0.3) is 0 Å². The Morgan fingerprint density at radius 2 is 2.10 bits per heavy atom. The first-order valence-corrected chi connectivity index (χ1v) is 6.14. The van der Waals surface area contributed by atoms with E-state index in [9.17, 15) is 9.59 Å². The van der Waals surface area contributed by atoms with Crippen LogP contribution in [0.5, 0.6) is 0 Å². The van der Waals surface area contributed by atoms with Crippen LogP contribution in [-0.4, -0.2) is 42.5 Å². The lowest BCUT2D eigenvalue weighted by molar-refractivity contribution is -0.137. The zero-order valence-corrected chi connectivity index (χ0v) is 11.8. The number of carbonyl (C=O) groups excluding carboxylic acids is 1. The van der Waals surface area contributed by atoms with Gasteiger partial charge in [-0.15, -0.1) is 0 Å². The Balaban J connectivity index is 2.25. The summed E-state index contributed by atoms with van der Waals surface area (Å²) in [5.41, 5.74) is -0.346. The highest BCUT2D eigenvalue weighted by atomic mass is 16.6. The van der Waals surface area contributed by atoms with Gasteiger partial charge in [-0.25, -0.2) is 14.8 Å². The summed E-state index contributed by atoms with van der Waals surface area (Å²) in [5.74, 6) is -0.816. The molecule has 2 aromatic rings.